The van der Waals surface area contributed by atoms with Gasteiger partial charge >= 0.3 is 13.6 Å². The van der Waals surface area contributed by atoms with Crippen molar-refractivity contribution >= 4 is 36.8 Å². The Hall–Kier alpha value is -1.30. The molecule has 2 N–H and O–H groups in total. The number of anilines is 1. The molecule has 0 spiro atoms. The summed E-state index contributed by atoms with van der Waals surface area (Å²) in [6, 6.07) is 0.0288. The van der Waals surface area contributed by atoms with Crippen molar-refractivity contribution in [3.63, 3.8) is 0 Å². The van der Waals surface area contributed by atoms with E-state index in [1.54, 1.807) is 6.92 Å². The molecule has 0 aromatic carbocycles. The maximum Gasteiger partial charge on any atom is 0.399 e. The number of carbonyl (C=O) groups is 1. The number of piperidine rings is 2. The smallest absolute Gasteiger partial charge is 0.399 e. The number of nitrogens with zero attached hydrogens (tertiary/aromatic N) is 4. The zero-order valence-corrected chi connectivity index (χ0v) is 31.7. The second kappa shape index (κ2) is 14.4. The highest BCUT2D eigenvalue weighted by atomic mass is 32.2. The van der Waals surface area contributed by atoms with Gasteiger partial charge in [-0.15, -0.1) is 0 Å². The topological polar surface area (TPSA) is 128 Å². The fourth-order valence-corrected chi connectivity index (χ4v) is 9.29. The Balaban J connectivity index is 2.06. The Bertz CT molecular complexity index is 1220. The molecular weight excluding hydrogens is 611 g/mol. The van der Waals surface area contributed by atoms with Crippen molar-refractivity contribution in [2.75, 3.05) is 24.7 Å². The van der Waals surface area contributed by atoms with Gasteiger partial charge in [-0.1, -0.05) is 32.5 Å². The first-order chi connectivity index (χ1) is 20.7. The van der Waals surface area contributed by atoms with Crippen molar-refractivity contribution in [2.24, 2.45) is 5.92 Å². The van der Waals surface area contributed by atoms with Crippen LogP contribution in [0.5, 0.6) is 0 Å². The summed E-state index contributed by atoms with van der Waals surface area (Å²) in [5.74, 6) is 0.159. The van der Waals surface area contributed by atoms with Gasteiger partial charge in [-0.2, -0.15) is 15.0 Å². The Labute approximate surface area is 276 Å². The third kappa shape index (κ3) is 9.20. The van der Waals surface area contributed by atoms with Crippen molar-refractivity contribution in [1.82, 2.24) is 25.2 Å². The summed E-state index contributed by atoms with van der Waals surface area (Å²) in [6.45, 7) is 25.5. The lowest BCUT2D eigenvalue weighted by molar-refractivity contribution is -0.139. The van der Waals surface area contributed by atoms with E-state index in [4.69, 9.17) is 23.8 Å². The van der Waals surface area contributed by atoms with E-state index < -0.39 is 13.7 Å². The van der Waals surface area contributed by atoms with Gasteiger partial charge in [0.1, 0.15) is 0 Å². The molecule has 3 rings (SSSR count). The average Bonchev–Trinajstić information content (AvgIpc) is 2.92. The van der Waals surface area contributed by atoms with Crippen molar-refractivity contribution < 1.29 is 23.1 Å². The van der Waals surface area contributed by atoms with Crippen molar-refractivity contribution in [2.45, 2.75) is 161 Å². The summed E-state index contributed by atoms with van der Waals surface area (Å²) in [4.78, 5) is 28.7. The monoisotopic (exact) mass is 670 g/mol. The van der Waals surface area contributed by atoms with Gasteiger partial charge in [-0.3, -0.25) is 18.8 Å². The number of hydrogen-bond acceptors (Lipinski definition) is 12. The second-order valence-electron chi connectivity index (χ2n) is 14.9. The summed E-state index contributed by atoms with van der Waals surface area (Å²) in [5, 5.41) is 7.76. The van der Waals surface area contributed by atoms with Gasteiger partial charge in [0.15, 0.2) is 5.16 Å². The molecule has 0 aliphatic carbocycles. The molecule has 0 saturated carbocycles. The molecule has 2 aliphatic rings. The Morgan fingerprint density at radius 1 is 1.04 bits per heavy atom. The van der Waals surface area contributed by atoms with Crippen LogP contribution in [0.1, 0.15) is 115 Å². The molecule has 0 bridgehead atoms. The normalized spacial score (nSPS) is 30.2. The molecule has 0 radical (unpaired) electrons. The molecule has 13 heteroatoms. The molecule has 2 aliphatic heterocycles. The minimum atomic E-state index is -4.04. The minimum absolute atomic E-state index is 0.00975. The largest absolute Gasteiger partial charge is 0.465 e. The number of thioether (sulfide) groups is 1. The fourth-order valence-electron chi connectivity index (χ4n) is 6.82. The van der Waals surface area contributed by atoms with Crippen LogP contribution in [-0.2, 0) is 23.1 Å². The number of esters is 1. The van der Waals surface area contributed by atoms with Crippen molar-refractivity contribution in [1.29, 1.82) is 0 Å². The van der Waals surface area contributed by atoms with E-state index in [1.807, 2.05) is 13.8 Å². The molecule has 5 unspecified atom stereocenters. The third-order valence-electron chi connectivity index (χ3n) is 10.1. The lowest BCUT2D eigenvalue weighted by Gasteiger charge is -2.53. The molecule has 5 atom stereocenters. The molecule has 2 fully saturated rings. The van der Waals surface area contributed by atoms with E-state index in [0.29, 0.717) is 18.8 Å². The summed E-state index contributed by atoms with van der Waals surface area (Å²) >= 11 is 1.12. The zero-order chi connectivity index (χ0) is 34.0. The van der Waals surface area contributed by atoms with Crippen LogP contribution in [0.25, 0.3) is 0 Å². The summed E-state index contributed by atoms with van der Waals surface area (Å²) in [7, 11) is -1.92. The molecular formula is C32H59N6O5PS. The number of carbonyl (C=O) groups excluding carboxylic acids is 1. The predicted octanol–water partition coefficient (Wildman–Crippen LogP) is 6.19. The van der Waals surface area contributed by atoms with Crippen LogP contribution in [-0.4, -0.2) is 85.6 Å². The SMILES string of the molecule is CCOC(=O)CSc1nc(NC2CC(C)(CC)NC(C)(CC)C2C)nc(P(=O)(OC(C)C)OC2CC(C)(C)N(C)C(C)(C)C2)n1. The van der Waals surface area contributed by atoms with Crippen LogP contribution in [0.2, 0.25) is 0 Å². The van der Waals surface area contributed by atoms with Gasteiger partial charge in [0.2, 0.25) is 11.5 Å². The van der Waals surface area contributed by atoms with Crippen LogP contribution in [0.3, 0.4) is 0 Å². The predicted molar refractivity (Wildman–Crippen MR) is 182 cm³/mol. The van der Waals surface area contributed by atoms with Crippen molar-refractivity contribution in [3.8, 4) is 0 Å². The van der Waals surface area contributed by atoms with Crippen LogP contribution < -0.4 is 16.2 Å². The maximum atomic E-state index is 14.8. The van der Waals surface area contributed by atoms with E-state index in [9.17, 15) is 9.36 Å². The lowest BCUT2D eigenvalue weighted by atomic mass is 9.69. The fraction of sp³-hybridized carbons (Fsp3) is 0.875. The Morgan fingerprint density at radius 2 is 1.67 bits per heavy atom. The van der Waals surface area contributed by atoms with Crippen LogP contribution >= 0.6 is 19.4 Å². The van der Waals surface area contributed by atoms with Crippen molar-refractivity contribution in [3.05, 3.63) is 0 Å². The summed E-state index contributed by atoms with van der Waals surface area (Å²) in [5.41, 5.74) is -0.619. The summed E-state index contributed by atoms with van der Waals surface area (Å²) < 4.78 is 32.6. The highest BCUT2D eigenvalue weighted by Crippen LogP contribution is 2.52. The molecule has 3 heterocycles. The minimum Gasteiger partial charge on any atom is -0.465 e. The van der Waals surface area contributed by atoms with Crippen LogP contribution in [0.15, 0.2) is 5.16 Å². The molecule has 1 aromatic heterocycles. The van der Waals surface area contributed by atoms with E-state index >= 15 is 0 Å². The number of likely N-dealkylation sites (tertiary alicyclic amines) is 1. The number of aromatic nitrogens is 3. The van der Waals surface area contributed by atoms with Gasteiger partial charge < -0.3 is 19.9 Å². The van der Waals surface area contributed by atoms with E-state index in [2.05, 4.69) is 89.9 Å². The van der Waals surface area contributed by atoms with E-state index in [0.717, 1.165) is 31.0 Å². The van der Waals surface area contributed by atoms with Gasteiger partial charge in [-0.05, 0) is 107 Å². The molecule has 11 nitrogen and oxygen atoms in total. The highest BCUT2D eigenvalue weighted by Gasteiger charge is 2.48. The van der Waals surface area contributed by atoms with Gasteiger partial charge in [-0.25, -0.2) is 0 Å². The Kier molecular flexibility index (Phi) is 12.2. The number of hydrogen-bond donors (Lipinski definition) is 2. The quantitative estimate of drug-likeness (QED) is 0.141. The molecule has 0 amide bonds. The summed E-state index contributed by atoms with van der Waals surface area (Å²) in [6.07, 6.45) is 3.34. The highest BCUT2D eigenvalue weighted by molar-refractivity contribution is 7.99. The second-order valence-corrected chi connectivity index (χ2v) is 17.6. The van der Waals surface area contributed by atoms with Crippen LogP contribution in [0, 0.1) is 5.92 Å². The molecule has 258 valence electrons. The standard InChI is InChI=1S/C32H59N6O5PS/c1-14-31(11)19-24(22(6)32(12,15-2)37-31)33-26-34-27(36-28(35-26)45-20-25(39)41-16-3)44(40,42-21(4)5)43-23-17-29(7,8)38(13)30(9,10)18-23/h21-24,37H,14-20H2,1-13H3,(H,33,34,35,36). The van der Waals surface area contributed by atoms with E-state index in [-0.39, 0.29) is 69.3 Å². The first-order valence-electron chi connectivity index (χ1n) is 16.5. The molecule has 2 saturated heterocycles. The number of nitrogens with one attached hydrogen (secondary N) is 2. The third-order valence-corrected chi connectivity index (χ3v) is 12.9. The first kappa shape index (κ1) is 38.2. The van der Waals surface area contributed by atoms with Gasteiger partial charge in [0, 0.05) is 28.2 Å². The van der Waals surface area contributed by atoms with Gasteiger partial charge in [0.05, 0.1) is 24.6 Å². The van der Waals surface area contributed by atoms with E-state index in [1.165, 1.54) is 0 Å². The number of rotatable bonds is 13. The maximum absolute atomic E-state index is 14.8. The van der Waals surface area contributed by atoms with Gasteiger partial charge in [0.25, 0.3) is 0 Å². The molecule has 45 heavy (non-hydrogen) atoms. The Morgan fingerprint density at radius 3 is 2.20 bits per heavy atom. The first-order valence-corrected chi connectivity index (χ1v) is 19.1. The molecule has 1 aromatic rings. The number of ether oxygens (including phenoxy) is 1. The lowest BCUT2D eigenvalue weighted by Crippen LogP contribution is -2.67. The zero-order valence-electron chi connectivity index (χ0n) is 29.9. The average molecular weight is 671 g/mol. The van der Waals surface area contributed by atoms with Crippen LogP contribution in [0.4, 0.5) is 5.95 Å².